The van der Waals surface area contributed by atoms with E-state index >= 15 is 0 Å². The highest BCUT2D eigenvalue weighted by Crippen LogP contribution is 2.45. The van der Waals surface area contributed by atoms with Crippen molar-refractivity contribution in [2.45, 2.75) is 11.8 Å². The van der Waals surface area contributed by atoms with Crippen LogP contribution in [0.1, 0.15) is 16.2 Å². The van der Waals surface area contributed by atoms with Crippen LogP contribution >= 0.6 is 0 Å². The second-order valence-corrected chi connectivity index (χ2v) is 5.29. The lowest BCUT2D eigenvalue weighted by Crippen LogP contribution is -2.55. The zero-order valence-electron chi connectivity index (χ0n) is 11.6. The number of rotatable bonds is 1. The van der Waals surface area contributed by atoms with Gasteiger partial charge in [-0.15, -0.1) is 0 Å². The molecule has 0 fully saturated rings. The number of amides is 1. The van der Waals surface area contributed by atoms with Crippen molar-refractivity contribution < 1.29 is 18.0 Å². The molecule has 0 aliphatic carbocycles. The van der Waals surface area contributed by atoms with E-state index in [2.05, 4.69) is 10.3 Å². The van der Waals surface area contributed by atoms with Crippen LogP contribution < -0.4 is 5.32 Å². The van der Waals surface area contributed by atoms with E-state index in [1.165, 1.54) is 30.3 Å². The molecule has 0 radical (unpaired) electrons. The fourth-order valence-electron chi connectivity index (χ4n) is 3.04. The summed E-state index contributed by atoms with van der Waals surface area (Å²) in [4.78, 5) is 16.2. The maximum atomic E-state index is 14.1. The summed E-state index contributed by atoms with van der Waals surface area (Å²) in [6, 6.07) is 13.7. The zero-order chi connectivity index (χ0) is 16.2. The number of nitrogens with zero attached hydrogens (tertiary/aromatic N) is 2. The molecule has 1 unspecified atom stereocenters. The van der Waals surface area contributed by atoms with Gasteiger partial charge in [-0.25, -0.2) is 4.98 Å². The van der Waals surface area contributed by atoms with Crippen LogP contribution in [0.25, 0.3) is 11.0 Å². The first kappa shape index (κ1) is 13.8. The summed E-state index contributed by atoms with van der Waals surface area (Å²) in [5.74, 6) is -1.09. The Bertz CT molecular complexity index is 917. The third-order valence-corrected chi connectivity index (χ3v) is 4.00. The Balaban J connectivity index is 2.14. The number of alkyl halides is 3. The van der Waals surface area contributed by atoms with Gasteiger partial charge in [0.2, 0.25) is 11.5 Å². The van der Waals surface area contributed by atoms with Gasteiger partial charge in [0, 0.05) is 5.56 Å². The van der Waals surface area contributed by atoms with Crippen molar-refractivity contribution in [3.63, 3.8) is 0 Å². The fraction of sp³-hybridized carbons (Fsp3) is 0.125. The number of fused-ring (bicyclic) bond motifs is 3. The van der Waals surface area contributed by atoms with Crippen molar-refractivity contribution in [2.75, 3.05) is 0 Å². The van der Waals surface area contributed by atoms with E-state index in [1.54, 1.807) is 24.3 Å². The first-order chi connectivity index (χ1) is 10.9. The number of nitrogens with one attached hydrogen (secondary N) is 1. The minimum Gasteiger partial charge on any atom is -0.315 e. The van der Waals surface area contributed by atoms with Gasteiger partial charge < -0.3 is 5.32 Å². The number of halogens is 3. The maximum Gasteiger partial charge on any atom is 0.435 e. The maximum absolute atomic E-state index is 14.1. The standard InChI is InChI=1S/C16H10F3N3O/c17-16(18,19)15(10-6-2-1-3-7-10)21-14(23)13-20-11-8-4-5-9-12(11)22(13)15/h1-9H,(H,21,23). The number of imidazole rings is 1. The monoisotopic (exact) mass is 317 g/mol. The molecule has 4 nitrogen and oxygen atoms in total. The molecule has 3 aromatic rings. The number of hydrogen-bond donors (Lipinski definition) is 1. The van der Waals surface area contributed by atoms with E-state index in [4.69, 9.17) is 0 Å². The Hall–Kier alpha value is -2.83. The second kappa shape index (κ2) is 4.34. The van der Waals surface area contributed by atoms with Crippen LogP contribution in [0.5, 0.6) is 0 Å². The molecule has 0 saturated heterocycles. The van der Waals surface area contributed by atoms with Gasteiger partial charge in [-0.3, -0.25) is 9.36 Å². The van der Waals surface area contributed by atoms with Gasteiger partial charge in [-0.05, 0) is 12.1 Å². The minimum absolute atomic E-state index is 0.0669. The summed E-state index contributed by atoms with van der Waals surface area (Å²) in [6.07, 6.45) is -4.74. The number of benzene rings is 2. The van der Waals surface area contributed by atoms with Crippen LogP contribution in [0.2, 0.25) is 0 Å². The predicted molar refractivity (Wildman–Crippen MR) is 76.8 cm³/mol. The highest BCUT2D eigenvalue weighted by Gasteiger charge is 2.63. The molecule has 1 N–H and O–H groups in total. The Labute approximate surface area is 128 Å². The van der Waals surface area contributed by atoms with Gasteiger partial charge >= 0.3 is 6.18 Å². The molecule has 0 spiro atoms. The smallest absolute Gasteiger partial charge is 0.315 e. The lowest BCUT2D eigenvalue weighted by atomic mass is 9.98. The largest absolute Gasteiger partial charge is 0.435 e. The SMILES string of the molecule is O=C1NC(c2ccccc2)(C(F)(F)F)n2c1nc1ccccc12. The zero-order valence-corrected chi connectivity index (χ0v) is 11.6. The van der Waals surface area contributed by atoms with Gasteiger partial charge in [-0.1, -0.05) is 42.5 Å². The molecular formula is C16H10F3N3O. The normalized spacial score (nSPS) is 20.6. The summed E-state index contributed by atoms with van der Waals surface area (Å²) in [5, 5.41) is 2.10. The highest BCUT2D eigenvalue weighted by atomic mass is 19.4. The van der Waals surface area contributed by atoms with Crippen LogP contribution in [-0.4, -0.2) is 21.6 Å². The van der Waals surface area contributed by atoms with E-state index in [-0.39, 0.29) is 16.9 Å². The van der Waals surface area contributed by atoms with Crippen LogP contribution in [0, 0.1) is 0 Å². The molecule has 2 aromatic carbocycles. The quantitative estimate of drug-likeness (QED) is 0.750. The van der Waals surface area contributed by atoms with Crippen molar-refractivity contribution in [2.24, 2.45) is 0 Å². The van der Waals surface area contributed by atoms with Crippen LogP contribution in [0.4, 0.5) is 13.2 Å². The molecule has 4 rings (SSSR count). The molecule has 1 amide bonds. The molecule has 116 valence electrons. The summed E-state index contributed by atoms with van der Waals surface area (Å²) in [7, 11) is 0. The Kier molecular flexibility index (Phi) is 2.61. The van der Waals surface area contributed by atoms with Crippen molar-refractivity contribution in [1.82, 2.24) is 14.9 Å². The molecule has 1 aliphatic heterocycles. The predicted octanol–water partition coefficient (Wildman–Crippen LogP) is 3.04. The molecule has 0 saturated carbocycles. The fourth-order valence-corrected chi connectivity index (χ4v) is 3.04. The first-order valence-electron chi connectivity index (χ1n) is 6.88. The second-order valence-electron chi connectivity index (χ2n) is 5.29. The van der Waals surface area contributed by atoms with Crippen molar-refractivity contribution >= 4 is 16.9 Å². The average Bonchev–Trinajstić information content (AvgIpc) is 3.04. The third-order valence-electron chi connectivity index (χ3n) is 4.00. The van der Waals surface area contributed by atoms with E-state index in [9.17, 15) is 18.0 Å². The average molecular weight is 317 g/mol. The molecule has 2 heterocycles. The van der Waals surface area contributed by atoms with Gasteiger partial charge in [-0.2, -0.15) is 13.2 Å². The summed E-state index contributed by atoms with van der Waals surface area (Å²) >= 11 is 0. The van der Waals surface area contributed by atoms with Crippen LogP contribution in [0.3, 0.4) is 0 Å². The molecule has 0 bridgehead atoms. The third kappa shape index (κ3) is 1.67. The Morgan fingerprint density at radius 2 is 1.65 bits per heavy atom. The van der Waals surface area contributed by atoms with E-state index in [0.29, 0.717) is 5.52 Å². The number of carbonyl (C=O) groups excluding carboxylic acids is 1. The van der Waals surface area contributed by atoms with E-state index in [1.807, 2.05) is 0 Å². The van der Waals surface area contributed by atoms with Gasteiger partial charge in [0.1, 0.15) is 0 Å². The minimum atomic E-state index is -4.74. The number of carbonyl (C=O) groups is 1. The van der Waals surface area contributed by atoms with Gasteiger partial charge in [0.25, 0.3) is 5.91 Å². The van der Waals surface area contributed by atoms with Gasteiger partial charge in [0.15, 0.2) is 0 Å². The summed E-state index contributed by atoms with van der Waals surface area (Å²) in [6.45, 7) is 0. The van der Waals surface area contributed by atoms with Crippen LogP contribution in [-0.2, 0) is 5.66 Å². The first-order valence-corrected chi connectivity index (χ1v) is 6.88. The molecule has 1 atom stereocenters. The topological polar surface area (TPSA) is 46.9 Å². The molecule has 23 heavy (non-hydrogen) atoms. The van der Waals surface area contributed by atoms with Gasteiger partial charge in [0.05, 0.1) is 11.0 Å². The Morgan fingerprint density at radius 3 is 2.35 bits per heavy atom. The molecule has 7 heteroatoms. The highest BCUT2D eigenvalue weighted by molar-refractivity contribution is 5.98. The van der Waals surface area contributed by atoms with E-state index in [0.717, 1.165) is 4.57 Å². The number of hydrogen-bond acceptors (Lipinski definition) is 2. The Morgan fingerprint density at radius 1 is 1.00 bits per heavy atom. The van der Waals surface area contributed by atoms with E-state index < -0.39 is 17.7 Å². The molecule has 1 aliphatic rings. The number of aromatic nitrogens is 2. The molecule has 1 aromatic heterocycles. The lowest BCUT2D eigenvalue weighted by molar-refractivity contribution is -0.202. The van der Waals surface area contributed by atoms with Crippen molar-refractivity contribution in [3.8, 4) is 0 Å². The van der Waals surface area contributed by atoms with Crippen LogP contribution in [0.15, 0.2) is 54.6 Å². The van der Waals surface area contributed by atoms with Crippen molar-refractivity contribution in [1.29, 1.82) is 0 Å². The lowest BCUT2D eigenvalue weighted by Gasteiger charge is -2.34. The number of para-hydroxylation sites is 2. The molecular weight excluding hydrogens is 307 g/mol. The summed E-state index contributed by atoms with van der Waals surface area (Å²) in [5.41, 5.74) is -2.12. The summed E-state index contributed by atoms with van der Waals surface area (Å²) < 4.78 is 43.2. The van der Waals surface area contributed by atoms with Crippen molar-refractivity contribution in [3.05, 3.63) is 66.0 Å².